The summed E-state index contributed by atoms with van der Waals surface area (Å²) < 4.78 is 0. The first-order valence-corrected chi connectivity index (χ1v) is 8.91. The molecule has 2 aliphatic heterocycles. The van der Waals surface area contributed by atoms with Crippen molar-refractivity contribution in [3.8, 4) is 0 Å². The Morgan fingerprint density at radius 1 is 1.22 bits per heavy atom. The van der Waals surface area contributed by atoms with Gasteiger partial charge in [-0.3, -0.25) is 4.79 Å². The smallest absolute Gasteiger partial charge is 0.257 e. The Morgan fingerprint density at radius 3 is 2.57 bits per heavy atom. The number of anilines is 1. The molecule has 3 heterocycles. The lowest BCUT2D eigenvalue weighted by molar-refractivity contribution is 0.0681. The van der Waals surface area contributed by atoms with Crippen LogP contribution in [-0.4, -0.2) is 48.0 Å². The van der Waals surface area contributed by atoms with Crippen molar-refractivity contribution in [3.05, 3.63) is 23.9 Å². The normalized spacial score (nSPS) is 21.3. The van der Waals surface area contributed by atoms with Crippen LogP contribution >= 0.6 is 0 Å². The largest absolute Gasteiger partial charge is 0.356 e. The minimum atomic E-state index is 0.127. The van der Waals surface area contributed by atoms with E-state index >= 15 is 0 Å². The highest BCUT2D eigenvalue weighted by molar-refractivity contribution is 5.99. The highest BCUT2D eigenvalue weighted by Gasteiger charge is 2.28. The third kappa shape index (κ3) is 3.66. The standard InChI is InChI=1S/C18H28N4O/c1-14(19)15-7-12-22(13-8-15)18(23)16-6-5-9-20-17(16)21-10-3-2-4-11-21/h5-6,9,14-15H,2-4,7-8,10-13,19H2,1H3. The predicted octanol–water partition coefficient (Wildman–Crippen LogP) is 2.27. The van der Waals surface area contributed by atoms with Gasteiger partial charge in [-0.2, -0.15) is 0 Å². The summed E-state index contributed by atoms with van der Waals surface area (Å²) in [5.74, 6) is 1.53. The SMILES string of the molecule is CC(N)C1CCN(C(=O)c2cccnc2N2CCCCC2)CC1. The molecular weight excluding hydrogens is 288 g/mol. The van der Waals surface area contributed by atoms with E-state index in [-0.39, 0.29) is 11.9 Å². The van der Waals surface area contributed by atoms with E-state index in [4.69, 9.17) is 5.73 Å². The monoisotopic (exact) mass is 316 g/mol. The van der Waals surface area contributed by atoms with E-state index in [1.807, 2.05) is 17.0 Å². The minimum Gasteiger partial charge on any atom is -0.356 e. The number of likely N-dealkylation sites (tertiary alicyclic amines) is 1. The Bertz CT molecular complexity index is 532. The summed E-state index contributed by atoms with van der Waals surface area (Å²) >= 11 is 0. The molecule has 1 atom stereocenters. The number of piperidine rings is 2. The molecule has 2 aliphatic rings. The molecule has 0 saturated carbocycles. The Labute approximate surface area is 138 Å². The number of hydrogen-bond donors (Lipinski definition) is 1. The first-order valence-electron chi connectivity index (χ1n) is 8.91. The highest BCUT2D eigenvalue weighted by atomic mass is 16.2. The number of pyridine rings is 1. The zero-order chi connectivity index (χ0) is 16.2. The number of amides is 1. The molecule has 2 saturated heterocycles. The molecule has 0 aliphatic carbocycles. The molecule has 1 unspecified atom stereocenters. The van der Waals surface area contributed by atoms with Crippen molar-refractivity contribution in [2.24, 2.45) is 11.7 Å². The van der Waals surface area contributed by atoms with Gasteiger partial charge >= 0.3 is 0 Å². The summed E-state index contributed by atoms with van der Waals surface area (Å²) in [5, 5.41) is 0. The number of carbonyl (C=O) groups is 1. The highest BCUT2D eigenvalue weighted by Crippen LogP contribution is 2.25. The van der Waals surface area contributed by atoms with Crippen LogP contribution in [-0.2, 0) is 0 Å². The van der Waals surface area contributed by atoms with Crippen LogP contribution < -0.4 is 10.6 Å². The molecular formula is C18H28N4O. The third-order valence-electron chi connectivity index (χ3n) is 5.24. The minimum absolute atomic E-state index is 0.127. The van der Waals surface area contributed by atoms with Crippen molar-refractivity contribution in [2.75, 3.05) is 31.1 Å². The molecule has 0 radical (unpaired) electrons. The topological polar surface area (TPSA) is 62.5 Å². The molecule has 0 bridgehead atoms. The molecule has 126 valence electrons. The van der Waals surface area contributed by atoms with Gasteiger partial charge in [0.1, 0.15) is 5.82 Å². The number of carbonyl (C=O) groups excluding carboxylic acids is 1. The van der Waals surface area contributed by atoms with E-state index < -0.39 is 0 Å². The molecule has 0 aromatic carbocycles. The summed E-state index contributed by atoms with van der Waals surface area (Å²) in [6.07, 6.45) is 7.44. The molecule has 1 aromatic rings. The lowest BCUT2D eigenvalue weighted by Crippen LogP contribution is -2.43. The van der Waals surface area contributed by atoms with Crippen molar-refractivity contribution in [2.45, 2.75) is 45.1 Å². The summed E-state index contributed by atoms with van der Waals surface area (Å²) in [5.41, 5.74) is 6.76. The van der Waals surface area contributed by atoms with Gasteiger partial charge < -0.3 is 15.5 Å². The van der Waals surface area contributed by atoms with Gasteiger partial charge in [-0.1, -0.05) is 0 Å². The van der Waals surface area contributed by atoms with E-state index in [1.54, 1.807) is 6.20 Å². The number of aromatic nitrogens is 1. The Morgan fingerprint density at radius 2 is 1.91 bits per heavy atom. The Balaban J connectivity index is 1.72. The second-order valence-electron chi connectivity index (χ2n) is 6.91. The molecule has 2 fully saturated rings. The average molecular weight is 316 g/mol. The zero-order valence-corrected chi connectivity index (χ0v) is 14.1. The predicted molar refractivity (Wildman–Crippen MR) is 92.6 cm³/mol. The third-order valence-corrected chi connectivity index (χ3v) is 5.24. The quantitative estimate of drug-likeness (QED) is 0.929. The molecule has 0 spiro atoms. The number of nitrogens with two attached hydrogens (primary N) is 1. The van der Waals surface area contributed by atoms with Crippen LogP contribution in [0.2, 0.25) is 0 Å². The summed E-state index contributed by atoms with van der Waals surface area (Å²) in [6.45, 7) is 5.69. The van der Waals surface area contributed by atoms with E-state index in [0.29, 0.717) is 5.92 Å². The van der Waals surface area contributed by atoms with Gasteiger partial charge in [-0.05, 0) is 57.1 Å². The zero-order valence-electron chi connectivity index (χ0n) is 14.1. The van der Waals surface area contributed by atoms with Gasteiger partial charge in [0.05, 0.1) is 5.56 Å². The van der Waals surface area contributed by atoms with Crippen LogP contribution in [0, 0.1) is 5.92 Å². The number of hydrogen-bond acceptors (Lipinski definition) is 4. The lowest BCUT2D eigenvalue weighted by atomic mass is 9.90. The fourth-order valence-corrected chi connectivity index (χ4v) is 3.72. The molecule has 2 N–H and O–H groups in total. The average Bonchev–Trinajstić information content (AvgIpc) is 2.62. The second kappa shape index (κ2) is 7.30. The van der Waals surface area contributed by atoms with E-state index in [0.717, 1.165) is 50.4 Å². The van der Waals surface area contributed by atoms with Crippen LogP contribution in [0.4, 0.5) is 5.82 Å². The molecule has 1 amide bonds. The van der Waals surface area contributed by atoms with E-state index in [2.05, 4.69) is 16.8 Å². The Hall–Kier alpha value is -1.62. The maximum atomic E-state index is 13.0. The van der Waals surface area contributed by atoms with Crippen molar-refractivity contribution in [1.82, 2.24) is 9.88 Å². The van der Waals surface area contributed by atoms with Crippen molar-refractivity contribution >= 4 is 11.7 Å². The first-order chi connectivity index (χ1) is 11.2. The van der Waals surface area contributed by atoms with E-state index in [9.17, 15) is 4.79 Å². The van der Waals surface area contributed by atoms with Crippen LogP contribution in [0.5, 0.6) is 0 Å². The van der Waals surface area contributed by atoms with Crippen LogP contribution in [0.1, 0.15) is 49.4 Å². The molecule has 1 aromatic heterocycles. The summed E-state index contributed by atoms with van der Waals surface area (Å²) in [4.78, 5) is 21.7. The first kappa shape index (κ1) is 16.2. The summed E-state index contributed by atoms with van der Waals surface area (Å²) in [7, 11) is 0. The van der Waals surface area contributed by atoms with Gasteiger partial charge in [0.2, 0.25) is 0 Å². The van der Waals surface area contributed by atoms with Crippen molar-refractivity contribution in [3.63, 3.8) is 0 Å². The molecule has 3 rings (SSSR count). The lowest BCUT2D eigenvalue weighted by Gasteiger charge is -2.35. The maximum absolute atomic E-state index is 13.0. The fourth-order valence-electron chi connectivity index (χ4n) is 3.72. The van der Waals surface area contributed by atoms with Crippen LogP contribution in [0.25, 0.3) is 0 Å². The maximum Gasteiger partial charge on any atom is 0.257 e. The van der Waals surface area contributed by atoms with Gasteiger partial charge in [0, 0.05) is 38.4 Å². The molecule has 23 heavy (non-hydrogen) atoms. The van der Waals surface area contributed by atoms with Gasteiger partial charge in [-0.15, -0.1) is 0 Å². The van der Waals surface area contributed by atoms with Gasteiger partial charge in [-0.25, -0.2) is 4.98 Å². The Kier molecular flexibility index (Phi) is 5.16. The molecule has 5 nitrogen and oxygen atoms in total. The van der Waals surface area contributed by atoms with Crippen molar-refractivity contribution in [1.29, 1.82) is 0 Å². The van der Waals surface area contributed by atoms with Gasteiger partial charge in [0.15, 0.2) is 0 Å². The number of nitrogens with zero attached hydrogens (tertiary/aromatic N) is 3. The fraction of sp³-hybridized carbons (Fsp3) is 0.667. The van der Waals surface area contributed by atoms with Crippen LogP contribution in [0.15, 0.2) is 18.3 Å². The second-order valence-corrected chi connectivity index (χ2v) is 6.91. The van der Waals surface area contributed by atoms with Crippen LogP contribution in [0.3, 0.4) is 0 Å². The van der Waals surface area contributed by atoms with Crippen molar-refractivity contribution < 1.29 is 4.79 Å². The van der Waals surface area contributed by atoms with Gasteiger partial charge in [0.25, 0.3) is 5.91 Å². The number of rotatable bonds is 3. The summed E-state index contributed by atoms with van der Waals surface area (Å²) in [6, 6.07) is 4.02. The molecule has 5 heteroatoms. The van der Waals surface area contributed by atoms with E-state index in [1.165, 1.54) is 19.3 Å².